The number of ether oxygens (including phenoxy) is 1. The van der Waals surface area contributed by atoms with Gasteiger partial charge in [-0.25, -0.2) is 4.98 Å². The summed E-state index contributed by atoms with van der Waals surface area (Å²) < 4.78 is 4.91. The number of esters is 1. The lowest BCUT2D eigenvalue weighted by atomic mass is 10.3. The molecule has 0 saturated heterocycles. The van der Waals surface area contributed by atoms with Gasteiger partial charge in [0.25, 0.3) is 0 Å². The SMILES string of the molecule is CCOC(=O)Cc1csc(NCc2cc(C)c(C)s2)n1. The quantitative estimate of drug-likeness (QED) is 0.829. The summed E-state index contributed by atoms with van der Waals surface area (Å²) in [5.74, 6) is -0.228. The summed E-state index contributed by atoms with van der Waals surface area (Å²) >= 11 is 3.31. The van der Waals surface area contributed by atoms with E-state index < -0.39 is 0 Å². The third-order valence-electron chi connectivity index (χ3n) is 2.81. The number of carbonyl (C=O) groups excluding carboxylic acids is 1. The molecule has 0 amide bonds. The first kappa shape index (κ1) is 15.0. The molecular formula is C14H18N2O2S2. The molecule has 0 radical (unpaired) electrons. The number of thiophene rings is 1. The number of carbonyl (C=O) groups is 1. The van der Waals surface area contributed by atoms with E-state index in [4.69, 9.17) is 4.74 Å². The molecule has 0 aliphatic heterocycles. The van der Waals surface area contributed by atoms with Gasteiger partial charge in [-0.3, -0.25) is 4.79 Å². The Bertz CT molecular complexity index is 570. The highest BCUT2D eigenvalue weighted by molar-refractivity contribution is 7.14. The summed E-state index contributed by atoms with van der Waals surface area (Å²) in [7, 11) is 0. The Morgan fingerprint density at radius 3 is 2.90 bits per heavy atom. The lowest BCUT2D eigenvalue weighted by Gasteiger charge is -2.00. The van der Waals surface area contributed by atoms with E-state index in [1.54, 1.807) is 18.3 Å². The number of hydrogen-bond donors (Lipinski definition) is 1. The van der Waals surface area contributed by atoms with Crippen molar-refractivity contribution in [2.24, 2.45) is 0 Å². The fraction of sp³-hybridized carbons (Fsp3) is 0.429. The molecule has 20 heavy (non-hydrogen) atoms. The Morgan fingerprint density at radius 1 is 1.45 bits per heavy atom. The second kappa shape index (κ2) is 6.85. The predicted octanol–water partition coefficient (Wildman–Crippen LogP) is 3.54. The van der Waals surface area contributed by atoms with Crippen LogP contribution in [0.15, 0.2) is 11.4 Å². The minimum absolute atomic E-state index is 0.228. The summed E-state index contributed by atoms with van der Waals surface area (Å²) in [5.41, 5.74) is 2.09. The first-order valence-corrected chi connectivity index (χ1v) is 8.18. The normalized spacial score (nSPS) is 10.6. The Labute approximate surface area is 126 Å². The molecule has 1 N–H and O–H groups in total. The Kier molecular flexibility index (Phi) is 5.14. The third-order valence-corrected chi connectivity index (χ3v) is 4.81. The van der Waals surface area contributed by atoms with Gasteiger partial charge < -0.3 is 10.1 Å². The minimum atomic E-state index is -0.228. The standard InChI is InChI=1S/C14H18N2O2S2/c1-4-18-13(17)6-11-8-19-14(16-11)15-7-12-5-9(2)10(3)20-12/h5,8H,4,6-7H2,1-3H3,(H,15,16). The zero-order valence-electron chi connectivity index (χ0n) is 11.9. The van der Waals surface area contributed by atoms with Crippen molar-refractivity contribution in [1.29, 1.82) is 0 Å². The Balaban J connectivity index is 1.88. The number of aromatic nitrogens is 1. The van der Waals surface area contributed by atoms with E-state index in [0.29, 0.717) is 6.61 Å². The molecule has 0 saturated carbocycles. The highest BCUT2D eigenvalue weighted by Gasteiger charge is 2.08. The van der Waals surface area contributed by atoms with Crippen molar-refractivity contribution in [3.63, 3.8) is 0 Å². The maximum atomic E-state index is 11.4. The molecule has 0 atom stereocenters. The zero-order chi connectivity index (χ0) is 14.5. The van der Waals surface area contributed by atoms with Crippen molar-refractivity contribution >= 4 is 33.8 Å². The van der Waals surface area contributed by atoms with Crippen molar-refractivity contribution in [1.82, 2.24) is 4.98 Å². The molecular weight excluding hydrogens is 292 g/mol. The van der Waals surface area contributed by atoms with Crippen LogP contribution in [0.2, 0.25) is 0 Å². The van der Waals surface area contributed by atoms with Crippen molar-refractivity contribution in [2.45, 2.75) is 33.7 Å². The number of hydrogen-bond acceptors (Lipinski definition) is 6. The molecule has 2 aromatic heterocycles. The van der Waals surface area contributed by atoms with Crippen LogP contribution >= 0.6 is 22.7 Å². The third kappa shape index (κ3) is 4.05. The lowest BCUT2D eigenvalue weighted by molar-refractivity contribution is -0.142. The van der Waals surface area contributed by atoms with E-state index in [-0.39, 0.29) is 12.4 Å². The largest absolute Gasteiger partial charge is 0.466 e. The summed E-state index contributed by atoms with van der Waals surface area (Å²) in [6.07, 6.45) is 0.239. The van der Waals surface area contributed by atoms with Crippen LogP contribution in [0.1, 0.15) is 27.9 Å². The van der Waals surface area contributed by atoms with Gasteiger partial charge in [0.05, 0.1) is 25.3 Å². The van der Waals surface area contributed by atoms with Crippen LogP contribution in [0.5, 0.6) is 0 Å². The van der Waals surface area contributed by atoms with Crippen molar-refractivity contribution < 1.29 is 9.53 Å². The van der Waals surface area contributed by atoms with E-state index in [9.17, 15) is 4.79 Å². The molecule has 0 unspecified atom stereocenters. The van der Waals surface area contributed by atoms with Gasteiger partial charge in [0.15, 0.2) is 5.13 Å². The second-order valence-electron chi connectivity index (χ2n) is 4.43. The fourth-order valence-corrected chi connectivity index (χ4v) is 3.43. The summed E-state index contributed by atoms with van der Waals surface area (Å²) in [6.45, 7) is 7.23. The number of anilines is 1. The van der Waals surface area contributed by atoms with Crippen LogP contribution in [-0.4, -0.2) is 17.6 Å². The highest BCUT2D eigenvalue weighted by atomic mass is 32.1. The predicted molar refractivity (Wildman–Crippen MR) is 83.6 cm³/mol. The van der Waals surface area contributed by atoms with Gasteiger partial charge in [-0.2, -0.15) is 0 Å². The van der Waals surface area contributed by atoms with Crippen molar-refractivity contribution in [3.8, 4) is 0 Å². The number of nitrogens with zero attached hydrogens (tertiary/aromatic N) is 1. The maximum Gasteiger partial charge on any atom is 0.311 e. The van der Waals surface area contributed by atoms with Crippen LogP contribution < -0.4 is 5.32 Å². The molecule has 2 aromatic rings. The molecule has 0 bridgehead atoms. The monoisotopic (exact) mass is 310 g/mol. The molecule has 0 aliphatic rings. The van der Waals surface area contributed by atoms with E-state index >= 15 is 0 Å². The van der Waals surface area contributed by atoms with Crippen molar-refractivity contribution in [2.75, 3.05) is 11.9 Å². The minimum Gasteiger partial charge on any atom is -0.466 e. The summed E-state index contributed by atoms with van der Waals surface area (Å²) in [6, 6.07) is 2.19. The lowest BCUT2D eigenvalue weighted by Crippen LogP contribution is -2.07. The van der Waals surface area contributed by atoms with Crippen LogP contribution in [0, 0.1) is 13.8 Å². The van der Waals surface area contributed by atoms with E-state index in [1.165, 1.54) is 26.7 Å². The van der Waals surface area contributed by atoms with E-state index in [0.717, 1.165) is 17.4 Å². The number of aryl methyl sites for hydroxylation is 2. The van der Waals surface area contributed by atoms with Gasteiger partial charge in [-0.15, -0.1) is 22.7 Å². The van der Waals surface area contributed by atoms with Gasteiger partial charge in [0.2, 0.25) is 0 Å². The molecule has 0 fully saturated rings. The van der Waals surface area contributed by atoms with E-state index in [2.05, 4.69) is 30.2 Å². The fourth-order valence-electron chi connectivity index (χ4n) is 1.73. The van der Waals surface area contributed by atoms with Gasteiger partial charge in [-0.1, -0.05) is 0 Å². The van der Waals surface area contributed by atoms with Crippen LogP contribution in [0.4, 0.5) is 5.13 Å². The number of thiazole rings is 1. The Morgan fingerprint density at radius 2 is 2.25 bits per heavy atom. The van der Waals surface area contributed by atoms with Gasteiger partial charge >= 0.3 is 5.97 Å². The van der Waals surface area contributed by atoms with Crippen LogP contribution in [-0.2, 0) is 22.5 Å². The average Bonchev–Trinajstić information content (AvgIpc) is 2.95. The molecule has 0 spiro atoms. The van der Waals surface area contributed by atoms with E-state index in [1.807, 2.05) is 5.38 Å². The van der Waals surface area contributed by atoms with Gasteiger partial charge in [0.1, 0.15) is 0 Å². The Hall–Kier alpha value is -1.40. The first-order valence-electron chi connectivity index (χ1n) is 6.48. The maximum absolute atomic E-state index is 11.4. The molecule has 4 nitrogen and oxygen atoms in total. The molecule has 0 aromatic carbocycles. The zero-order valence-corrected chi connectivity index (χ0v) is 13.5. The summed E-state index contributed by atoms with van der Waals surface area (Å²) in [4.78, 5) is 18.4. The van der Waals surface area contributed by atoms with Gasteiger partial charge in [0, 0.05) is 15.1 Å². The van der Waals surface area contributed by atoms with Gasteiger partial charge in [-0.05, 0) is 32.4 Å². The summed E-state index contributed by atoms with van der Waals surface area (Å²) in [5, 5.41) is 6.03. The molecule has 108 valence electrons. The van der Waals surface area contributed by atoms with Crippen molar-refractivity contribution in [3.05, 3.63) is 32.5 Å². The molecule has 0 aliphatic carbocycles. The average molecular weight is 310 g/mol. The molecule has 2 heterocycles. The molecule has 6 heteroatoms. The van der Waals surface area contributed by atoms with Crippen LogP contribution in [0.25, 0.3) is 0 Å². The highest BCUT2D eigenvalue weighted by Crippen LogP contribution is 2.23. The topological polar surface area (TPSA) is 51.2 Å². The first-order chi connectivity index (χ1) is 9.58. The molecule has 2 rings (SSSR count). The second-order valence-corrected chi connectivity index (χ2v) is 6.63. The number of nitrogens with one attached hydrogen (secondary N) is 1. The number of rotatable bonds is 6. The van der Waals surface area contributed by atoms with Crippen LogP contribution in [0.3, 0.4) is 0 Å². The smallest absolute Gasteiger partial charge is 0.311 e.